The summed E-state index contributed by atoms with van der Waals surface area (Å²) in [4.78, 5) is 10.8. The van der Waals surface area contributed by atoms with Gasteiger partial charge in [0.15, 0.2) is 6.10 Å². The molecular weight excluding hydrogens is 178 g/mol. The van der Waals surface area contributed by atoms with E-state index in [0.717, 1.165) is 16.9 Å². The second-order valence-electron chi connectivity index (χ2n) is 3.36. The molecule has 0 aliphatic rings. The van der Waals surface area contributed by atoms with Gasteiger partial charge in [-0.15, -0.1) is 0 Å². The Kier molecular flexibility index (Phi) is 3.12. The van der Waals surface area contributed by atoms with Crippen molar-refractivity contribution in [3.63, 3.8) is 0 Å². The minimum Gasteiger partial charge on any atom is -0.481 e. The second-order valence-corrected chi connectivity index (χ2v) is 3.36. The molecule has 1 aromatic carbocycles. The molecule has 1 unspecified atom stereocenters. The van der Waals surface area contributed by atoms with E-state index in [1.54, 1.807) is 6.92 Å². The molecule has 0 aliphatic heterocycles. The van der Waals surface area contributed by atoms with E-state index in [4.69, 9.17) is 10.5 Å². The topological polar surface area (TPSA) is 52.3 Å². The molecule has 1 atom stereocenters. The largest absolute Gasteiger partial charge is 0.481 e. The summed E-state index contributed by atoms with van der Waals surface area (Å²) in [6.07, 6.45) is -0.588. The van der Waals surface area contributed by atoms with Crippen molar-refractivity contribution in [1.29, 1.82) is 0 Å². The molecule has 0 aliphatic carbocycles. The zero-order valence-electron chi connectivity index (χ0n) is 8.70. The molecule has 0 heterocycles. The van der Waals surface area contributed by atoms with Gasteiger partial charge >= 0.3 is 0 Å². The zero-order chi connectivity index (χ0) is 10.7. The van der Waals surface area contributed by atoms with Crippen LogP contribution < -0.4 is 10.5 Å². The molecule has 0 radical (unpaired) electrons. The quantitative estimate of drug-likeness (QED) is 0.792. The fraction of sp³-hybridized carbons (Fsp3) is 0.364. The number of primary amides is 1. The lowest BCUT2D eigenvalue weighted by Gasteiger charge is -2.14. The molecule has 3 nitrogen and oxygen atoms in total. The summed E-state index contributed by atoms with van der Waals surface area (Å²) >= 11 is 0. The summed E-state index contributed by atoms with van der Waals surface area (Å²) < 4.78 is 5.41. The number of nitrogens with two attached hydrogens (primary N) is 1. The smallest absolute Gasteiger partial charge is 0.258 e. The molecule has 2 N–H and O–H groups in total. The van der Waals surface area contributed by atoms with Crippen molar-refractivity contribution in [3.8, 4) is 5.75 Å². The third-order valence-electron chi connectivity index (χ3n) is 2.26. The van der Waals surface area contributed by atoms with Crippen LogP contribution >= 0.6 is 0 Å². The Labute approximate surface area is 83.9 Å². The maximum absolute atomic E-state index is 10.8. The van der Waals surface area contributed by atoms with Crippen LogP contribution in [-0.2, 0) is 4.79 Å². The normalized spacial score (nSPS) is 12.2. The Morgan fingerprint density at radius 1 is 1.43 bits per heavy atom. The first kappa shape index (κ1) is 10.6. The molecule has 3 heteroatoms. The van der Waals surface area contributed by atoms with Crippen LogP contribution in [0.5, 0.6) is 5.75 Å². The van der Waals surface area contributed by atoms with Crippen LogP contribution in [0.15, 0.2) is 18.2 Å². The molecule has 0 spiro atoms. The van der Waals surface area contributed by atoms with Crippen molar-refractivity contribution in [3.05, 3.63) is 29.3 Å². The summed E-state index contributed by atoms with van der Waals surface area (Å²) in [6.45, 7) is 5.60. The highest BCUT2D eigenvalue weighted by Crippen LogP contribution is 2.21. The number of benzene rings is 1. The van der Waals surface area contributed by atoms with Crippen LogP contribution in [0.2, 0.25) is 0 Å². The Hall–Kier alpha value is -1.51. The van der Waals surface area contributed by atoms with Crippen molar-refractivity contribution in [1.82, 2.24) is 0 Å². The standard InChI is InChI=1S/C11H15NO2/c1-7-5-4-6-10(8(7)2)14-9(3)11(12)13/h4-6,9H,1-3H3,(H2,12,13). The predicted octanol–water partition coefficient (Wildman–Crippen LogP) is 1.56. The number of amides is 1. The van der Waals surface area contributed by atoms with Crippen molar-refractivity contribution >= 4 is 5.91 Å². The summed E-state index contributed by atoms with van der Waals surface area (Å²) in [7, 11) is 0. The lowest BCUT2D eigenvalue weighted by molar-refractivity contribution is -0.123. The molecule has 1 aromatic rings. The molecular formula is C11H15NO2. The van der Waals surface area contributed by atoms with Gasteiger partial charge in [-0.3, -0.25) is 4.79 Å². The molecule has 0 bridgehead atoms. The third-order valence-corrected chi connectivity index (χ3v) is 2.26. The van der Waals surface area contributed by atoms with E-state index in [2.05, 4.69) is 0 Å². The van der Waals surface area contributed by atoms with E-state index >= 15 is 0 Å². The number of hydrogen-bond donors (Lipinski definition) is 1. The van der Waals surface area contributed by atoms with E-state index in [9.17, 15) is 4.79 Å². The van der Waals surface area contributed by atoms with Gasteiger partial charge in [0.25, 0.3) is 5.91 Å². The van der Waals surface area contributed by atoms with Crippen LogP contribution in [0.3, 0.4) is 0 Å². The summed E-state index contributed by atoms with van der Waals surface area (Å²) in [5.41, 5.74) is 7.29. The van der Waals surface area contributed by atoms with Crippen molar-refractivity contribution in [2.45, 2.75) is 26.9 Å². The van der Waals surface area contributed by atoms with Crippen LogP contribution in [0.4, 0.5) is 0 Å². The van der Waals surface area contributed by atoms with Crippen molar-refractivity contribution < 1.29 is 9.53 Å². The molecule has 76 valence electrons. The van der Waals surface area contributed by atoms with Crippen LogP contribution in [0.1, 0.15) is 18.1 Å². The van der Waals surface area contributed by atoms with Crippen molar-refractivity contribution in [2.75, 3.05) is 0 Å². The summed E-state index contributed by atoms with van der Waals surface area (Å²) in [5.74, 6) is 0.266. The van der Waals surface area contributed by atoms with E-state index in [1.807, 2.05) is 32.0 Å². The lowest BCUT2D eigenvalue weighted by Crippen LogP contribution is -2.30. The molecule has 0 aromatic heterocycles. The van der Waals surface area contributed by atoms with Gasteiger partial charge in [-0.05, 0) is 38.0 Å². The molecule has 0 saturated carbocycles. The Balaban J connectivity index is 2.87. The van der Waals surface area contributed by atoms with Gasteiger partial charge in [-0.1, -0.05) is 12.1 Å². The number of aryl methyl sites for hydroxylation is 1. The van der Waals surface area contributed by atoms with Crippen LogP contribution in [0, 0.1) is 13.8 Å². The monoisotopic (exact) mass is 193 g/mol. The van der Waals surface area contributed by atoms with Gasteiger partial charge in [0.05, 0.1) is 0 Å². The maximum Gasteiger partial charge on any atom is 0.258 e. The van der Waals surface area contributed by atoms with Gasteiger partial charge in [-0.2, -0.15) is 0 Å². The fourth-order valence-corrected chi connectivity index (χ4v) is 1.10. The molecule has 0 fully saturated rings. The summed E-state index contributed by atoms with van der Waals surface area (Å²) in [5, 5.41) is 0. The average Bonchev–Trinajstić information content (AvgIpc) is 2.12. The zero-order valence-corrected chi connectivity index (χ0v) is 8.70. The van der Waals surface area contributed by atoms with Gasteiger partial charge < -0.3 is 10.5 Å². The molecule has 1 amide bonds. The van der Waals surface area contributed by atoms with Crippen LogP contribution in [0.25, 0.3) is 0 Å². The van der Waals surface area contributed by atoms with E-state index in [1.165, 1.54) is 0 Å². The minimum absolute atomic E-state index is 0.453. The highest BCUT2D eigenvalue weighted by Gasteiger charge is 2.11. The first-order valence-corrected chi connectivity index (χ1v) is 4.54. The fourth-order valence-electron chi connectivity index (χ4n) is 1.10. The van der Waals surface area contributed by atoms with Gasteiger partial charge in [-0.25, -0.2) is 0 Å². The van der Waals surface area contributed by atoms with Crippen LogP contribution in [-0.4, -0.2) is 12.0 Å². The Morgan fingerprint density at radius 3 is 2.64 bits per heavy atom. The van der Waals surface area contributed by atoms with Gasteiger partial charge in [0.2, 0.25) is 0 Å². The molecule has 1 rings (SSSR count). The number of ether oxygens (including phenoxy) is 1. The van der Waals surface area contributed by atoms with E-state index in [-0.39, 0.29) is 0 Å². The SMILES string of the molecule is Cc1cccc(OC(C)C(N)=O)c1C. The number of rotatable bonds is 3. The van der Waals surface area contributed by atoms with E-state index < -0.39 is 12.0 Å². The number of carbonyl (C=O) groups is 1. The van der Waals surface area contributed by atoms with Gasteiger partial charge in [0.1, 0.15) is 5.75 Å². The average molecular weight is 193 g/mol. The number of carbonyl (C=O) groups excluding carboxylic acids is 1. The van der Waals surface area contributed by atoms with Gasteiger partial charge in [0, 0.05) is 0 Å². The number of hydrogen-bond acceptors (Lipinski definition) is 2. The predicted molar refractivity (Wildman–Crippen MR) is 55.2 cm³/mol. The summed E-state index contributed by atoms with van der Waals surface area (Å²) in [6, 6.07) is 5.73. The van der Waals surface area contributed by atoms with Crippen molar-refractivity contribution in [2.24, 2.45) is 5.73 Å². The third kappa shape index (κ3) is 2.25. The highest BCUT2D eigenvalue weighted by molar-refractivity contribution is 5.78. The first-order valence-electron chi connectivity index (χ1n) is 4.54. The maximum atomic E-state index is 10.8. The minimum atomic E-state index is -0.588. The highest BCUT2D eigenvalue weighted by atomic mass is 16.5. The second kappa shape index (κ2) is 4.13. The Bertz CT molecular complexity index is 347. The van der Waals surface area contributed by atoms with E-state index in [0.29, 0.717) is 0 Å². The molecule has 14 heavy (non-hydrogen) atoms. The lowest BCUT2D eigenvalue weighted by atomic mass is 10.1. The first-order chi connectivity index (χ1) is 6.52. The molecule has 0 saturated heterocycles. The Morgan fingerprint density at radius 2 is 2.07 bits per heavy atom.